The highest BCUT2D eigenvalue weighted by molar-refractivity contribution is 5.87. The molecule has 2 fully saturated rings. The highest BCUT2D eigenvalue weighted by Gasteiger charge is 2.43. The normalized spacial score (nSPS) is 22.9. The Kier molecular flexibility index (Phi) is 20.3. The average molecular weight is 895 g/mol. The van der Waals surface area contributed by atoms with Crippen LogP contribution >= 0.6 is 0 Å². The van der Waals surface area contributed by atoms with Gasteiger partial charge in [-0.05, 0) is 102 Å². The van der Waals surface area contributed by atoms with Gasteiger partial charge in [-0.25, -0.2) is 28.8 Å². The molecule has 4 atom stereocenters. The van der Waals surface area contributed by atoms with E-state index >= 15 is 0 Å². The van der Waals surface area contributed by atoms with Gasteiger partial charge in [0.25, 0.3) is 0 Å². The number of carbonyl (C=O) groups excluding carboxylic acids is 6. The van der Waals surface area contributed by atoms with Gasteiger partial charge < -0.3 is 54.4 Å². The molecule has 2 aliphatic carbocycles. The lowest BCUT2D eigenvalue weighted by atomic mass is 9.62. The molecule has 2 aliphatic rings. The van der Waals surface area contributed by atoms with Gasteiger partial charge >= 0.3 is 36.3 Å². The van der Waals surface area contributed by atoms with Crippen molar-refractivity contribution in [2.75, 3.05) is 52.7 Å². The second-order valence-corrected chi connectivity index (χ2v) is 21.0. The van der Waals surface area contributed by atoms with Crippen LogP contribution in [0.1, 0.15) is 134 Å². The van der Waals surface area contributed by atoms with Crippen LogP contribution in [0.25, 0.3) is 0 Å². The van der Waals surface area contributed by atoms with Crippen LogP contribution < -0.4 is 21.3 Å². The summed E-state index contributed by atoms with van der Waals surface area (Å²) in [5, 5.41) is 11.7. The number of ether oxygens (including phenoxy) is 7. The van der Waals surface area contributed by atoms with E-state index in [-0.39, 0.29) is 77.9 Å². The van der Waals surface area contributed by atoms with Gasteiger partial charge in [-0.1, -0.05) is 54.7 Å². The Labute approximate surface area is 375 Å². The Morgan fingerprint density at radius 2 is 0.905 bits per heavy atom. The fraction of sp³-hybridized carbons (Fsp3) is 0.783. The monoisotopic (exact) mass is 895 g/mol. The quantitative estimate of drug-likeness (QED) is 0.0356. The number of hydrogen-bond donors (Lipinski definition) is 4. The summed E-state index contributed by atoms with van der Waals surface area (Å²) in [4.78, 5) is 73.8. The molecule has 4 unspecified atom stereocenters. The van der Waals surface area contributed by atoms with Gasteiger partial charge in [0, 0.05) is 49.2 Å². The van der Waals surface area contributed by atoms with E-state index in [0.29, 0.717) is 45.4 Å². The zero-order valence-electron chi connectivity index (χ0n) is 40.2. The summed E-state index contributed by atoms with van der Waals surface area (Å²) in [6.45, 7) is 31.0. The van der Waals surface area contributed by atoms with E-state index in [2.05, 4.69) is 76.0 Å². The Hall–Kier alpha value is -4.54. The van der Waals surface area contributed by atoms with Crippen LogP contribution in [0.15, 0.2) is 24.3 Å². The number of nitrogens with one attached hydrogen (secondary N) is 4. The maximum Gasteiger partial charge on any atom is 0.407 e. The minimum Gasteiger partial charge on any atom is -0.459 e. The Morgan fingerprint density at radius 1 is 0.524 bits per heavy atom. The summed E-state index contributed by atoms with van der Waals surface area (Å²) in [5.74, 6) is -1.09. The second kappa shape index (κ2) is 23.4. The van der Waals surface area contributed by atoms with Crippen molar-refractivity contribution in [1.82, 2.24) is 21.3 Å². The van der Waals surface area contributed by atoms with Crippen LogP contribution in [0.5, 0.6) is 0 Å². The molecule has 4 N–H and O–H groups in total. The van der Waals surface area contributed by atoms with Crippen LogP contribution in [0.4, 0.5) is 19.2 Å². The number of esters is 2. The standard InChI is InChI=1S/C46H78N4O13/c1-31(2)35(51)57-19-21-60-39(55)49-33-23-41(5,6)27-45(13,25-33)29-47-37(53)59-17-15-43(9,10)62-18-16-44(11,12)63-38(54)48-30-46(14)26-34(24-42(7,8)28-46)50-40(56)61-22-20-58-36(52)32(3)4/h33-34H,1,3,15-30H2,2,4-14H3,(H,47,53)(H,48,54)(H,49,55)(H,50,56). The van der Waals surface area contributed by atoms with Crippen molar-refractivity contribution in [3.8, 4) is 0 Å². The van der Waals surface area contributed by atoms with Crippen LogP contribution in [0.2, 0.25) is 0 Å². The largest absolute Gasteiger partial charge is 0.459 e. The van der Waals surface area contributed by atoms with E-state index in [0.717, 1.165) is 25.7 Å². The van der Waals surface area contributed by atoms with Gasteiger partial charge in [0.1, 0.15) is 32.0 Å². The molecule has 17 nitrogen and oxygen atoms in total. The smallest absolute Gasteiger partial charge is 0.407 e. The first kappa shape index (κ1) is 54.6. The number of amides is 4. The third-order valence-electron chi connectivity index (χ3n) is 11.1. The van der Waals surface area contributed by atoms with Crippen LogP contribution in [-0.2, 0) is 42.7 Å². The predicted octanol–water partition coefficient (Wildman–Crippen LogP) is 7.65. The van der Waals surface area contributed by atoms with Gasteiger partial charge in [-0.2, -0.15) is 0 Å². The number of carbonyl (C=O) groups is 6. The Balaban J connectivity index is 1.73. The highest BCUT2D eigenvalue weighted by Crippen LogP contribution is 2.47. The van der Waals surface area contributed by atoms with Crippen LogP contribution in [0, 0.1) is 21.7 Å². The molecule has 17 heteroatoms. The third-order valence-corrected chi connectivity index (χ3v) is 11.1. The number of rotatable bonds is 22. The second-order valence-electron chi connectivity index (χ2n) is 21.0. The van der Waals surface area contributed by atoms with Crippen molar-refractivity contribution < 1.29 is 61.9 Å². The molecule has 2 rings (SSSR count). The van der Waals surface area contributed by atoms with E-state index < -0.39 is 47.5 Å². The summed E-state index contributed by atoms with van der Waals surface area (Å²) in [5.41, 5.74) is -1.82. The molecular weight excluding hydrogens is 817 g/mol. The third kappa shape index (κ3) is 22.1. The molecule has 0 aliphatic heterocycles. The lowest BCUT2D eigenvalue weighted by Crippen LogP contribution is -2.51. The molecule has 4 amide bonds. The molecule has 0 spiro atoms. The van der Waals surface area contributed by atoms with Crippen molar-refractivity contribution >= 4 is 36.3 Å². The molecular formula is C46H78N4O13. The topological polar surface area (TPSA) is 215 Å². The maximum absolute atomic E-state index is 13.0. The molecule has 0 aromatic carbocycles. The lowest BCUT2D eigenvalue weighted by Gasteiger charge is -2.46. The van der Waals surface area contributed by atoms with Gasteiger partial charge in [-0.3, -0.25) is 0 Å². The fourth-order valence-electron chi connectivity index (χ4n) is 8.94. The summed E-state index contributed by atoms with van der Waals surface area (Å²) >= 11 is 0. The Morgan fingerprint density at radius 3 is 1.33 bits per heavy atom. The van der Waals surface area contributed by atoms with Gasteiger partial charge in [0.15, 0.2) is 0 Å². The minimum absolute atomic E-state index is 0.0663. The molecule has 0 aromatic rings. The first-order valence-electron chi connectivity index (χ1n) is 22.0. The SMILES string of the molecule is C=C(C)C(=O)OCCOC(=O)NC1CC(C)(C)CC(C)(CNC(=O)OCCC(C)(C)OCCC(C)(C)OC(=O)NCC2(C)CC(NC(=O)OCCOC(=O)C(=C)C)CC(C)(C)C2)C1. The Bertz CT molecular complexity index is 1630. The van der Waals surface area contributed by atoms with Crippen molar-refractivity contribution in [1.29, 1.82) is 0 Å². The van der Waals surface area contributed by atoms with Gasteiger partial charge in [0.05, 0.1) is 18.8 Å². The molecule has 0 saturated heterocycles. The van der Waals surface area contributed by atoms with Crippen LogP contribution in [0.3, 0.4) is 0 Å². The molecule has 0 radical (unpaired) electrons. The van der Waals surface area contributed by atoms with Crippen molar-refractivity contribution in [2.45, 2.75) is 158 Å². The number of hydrogen-bond acceptors (Lipinski definition) is 13. The van der Waals surface area contributed by atoms with E-state index in [1.54, 1.807) is 0 Å². The zero-order valence-corrected chi connectivity index (χ0v) is 40.2. The first-order chi connectivity index (χ1) is 28.9. The lowest BCUT2D eigenvalue weighted by molar-refractivity contribution is -0.140. The molecule has 0 aromatic heterocycles. The molecule has 0 bridgehead atoms. The average Bonchev–Trinajstić information content (AvgIpc) is 3.11. The zero-order chi connectivity index (χ0) is 47.9. The summed E-state index contributed by atoms with van der Waals surface area (Å²) < 4.78 is 37.8. The first-order valence-corrected chi connectivity index (χ1v) is 22.0. The molecule has 63 heavy (non-hydrogen) atoms. The van der Waals surface area contributed by atoms with E-state index in [1.165, 1.54) is 13.8 Å². The van der Waals surface area contributed by atoms with Crippen molar-refractivity contribution in [3.63, 3.8) is 0 Å². The molecule has 360 valence electrons. The number of alkyl carbamates (subject to hydrolysis) is 4. The van der Waals surface area contributed by atoms with Crippen molar-refractivity contribution in [2.24, 2.45) is 21.7 Å². The summed E-state index contributed by atoms with van der Waals surface area (Å²) in [6.07, 6.45) is 2.91. The summed E-state index contributed by atoms with van der Waals surface area (Å²) in [6, 6.07) is -0.366. The summed E-state index contributed by atoms with van der Waals surface area (Å²) in [7, 11) is 0. The minimum atomic E-state index is -0.838. The maximum atomic E-state index is 13.0. The molecule has 0 heterocycles. The van der Waals surface area contributed by atoms with Gasteiger partial charge in [0.2, 0.25) is 0 Å². The molecule has 2 saturated carbocycles. The van der Waals surface area contributed by atoms with Crippen molar-refractivity contribution in [3.05, 3.63) is 24.3 Å². The fourth-order valence-corrected chi connectivity index (χ4v) is 8.94. The van der Waals surface area contributed by atoms with Crippen LogP contribution in [-0.4, -0.2) is 112 Å². The van der Waals surface area contributed by atoms with Gasteiger partial charge in [-0.15, -0.1) is 0 Å². The van der Waals surface area contributed by atoms with E-state index in [4.69, 9.17) is 33.2 Å². The highest BCUT2D eigenvalue weighted by atomic mass is 16.6. The van der Waals surface area contributed by atoms with E-state index in [9.17, 15) is 28.8 Å². The van der Waals surface area contributed by atoms with E-state index in [1.807, 2.05) is 27.7 Å². The predicted molar refractivity (Wildman–Crippen MR) is 237 cm³/mol.